The Balaban J connectivity index is 2.03. The molecule has 2 aromatic rings. The van der Waals surface area contributed by atoms with Crippen LogP contribution in [0.15, 0.2) is 47.6 Å². The van der Waals surface area contributed by atoms with Crippen molar-refractivity contribution in [1.82, 2.24) is 0 Å². The van der Waals surface area contributed by atoms with E-state index in [1.165, 1.54) is 34.1 Å². The summed E-state index contributed by atoms with van der Waals surface area (Å²) in [6, 6.07) is 12.9. The topological polar surface area (TPSA) is 119 Å². The highest BCUT2D eigenvalue weighted by Crippen LogP contribution is 2.38. The number of carbonyl (C=O) groups excluding carboxylic acids is 3. The summed E-state index contributed by atoms with van der Waals surface area (Å²) in [6.45, 7) is 6.12. The molecule has 0 aromatic heterocycles. The van der Waals surface area contributed by atoms with Gasteiger partial charge in [0.2, 0.25) is 0 Å². The predicted molar refractivity (Wildman–Crippen MR) is 142 cm³/mol. The summed E-state index contributed by atoms with van der Waals surface area (Å²) in [5.41, 5.74) is 2.38. The molecule has 5 atom stereocenters. The molecule has 0 amide bonds. The van der Waals surface area contributed by atoms with E-state index in [0.717, 1.165) is 16.9 Å². The van der Waals surface area contributed by atoms with Crippen molar-refractivity contribution >= 4 is 35.7 Å². The van der Waals surface area contributed by atoms with E-state index in [1.807, 2.05) is 37.3 Å². The predicted octanol–water partition coefficient (Wildman–Crippen LogP) is 4.20. The second-order valence-corrected chi connectivity index (χ2v) is 9.19. The van der Waals surface area contributed by atoms with E-state index in [2.05, 4.69) is 5.16 Å². The minimum atomic E-state index is -1.20. The maximum Gasteiger partial charge on any atom is 0.303 e. The first-order valence-electron chi connectivity index (χ1n) is 12.4. The molecule has 1 aliphatic heterocycles. The molecule has 0 saturated carbocycles. The fourth-order valence-electron chi connectivity index (χ4n) is 4.35. The number of halogens is 1. The van der Waals surface area contributed by atoms with Crippen LogP contribution in [0.25, 0.3) is 0 Å². The summed E-state index contributed by atoms with van der Waals surface area (Å²) in [5, 5.41) is 4.29. The zero-order valence-electron chi connectivity index (χ0n) is 22.4. The third-order valence-corrected chi connectivity index (χ3v) is 6.19. The summed E-state index contributed by atoms with van der Waals surface area (Å²) in [6.07, 6.45) is -3.66. The van der Waals surface area contributed by atoms with E-state index in [9.17, 15) is 14.4 Å². The fraction of sp³-hybridized carbons (Fsp3) is 0.429. The van der Waals surface area contributed by atoms with Gasteiger partial charge in [-0.15, -0.1) is 0 Å². The smallest absolute Gasteiger partial charge is 0.303 e. The lowest BCUT2D eigenvalue weighted by Gasteiger charge is -2.43. The number of rotatable bonds is 10. The van der Waals surface area contributed by atoms with E-state index < -0.39 is 48.4 Å². The van der Waals surface area contributed by atoms with Crippen LogP contribution in [0.2, 0.25) is 5.02 Å². The normalized spacial score (nSPS) is 22.7. The molecule has 0 radical (unpaired) electrons. The van der Waals surface area contributed by atoms with Crippen molar-refractivity contribution in [2.75, 3.05) is 13.7 Å². The molecular weight excluding hydrogens is 530 g/mol. The van der Waals surface area contributed by atoms with Crippen LogP contribution in [0.3, 0.4) is 0 Å². The van der Waals surface area contributed by atoms with E-state index >= 15 is 0 Å². The Bertz CT molecular complexity index is 1180. The van der Waals surface area contributed by atoms with E-state index in [0.29, 0.717) is 23.6 Å². The van der Waals surface area contributed by atoms with Crippen molar-refractivity contribution in [3.05, 3.63) is 64.2 Å². The first-order chi connectivity index (χ1) is 18.6. The van der Waals surface area contributed by atoms with Gasteiger partial charge in [-0.1, -0.05) is 41.0 Å². The lowest BCUT2D eigenvalue weighted by Crippen LogP contribution is -2.58. The van der Waals surface area contributed by atoms with Crippen molar-refractivity contribution in [2.45, 2.75) is 64.6 Å². The van der Waals surface area contributed by atoms with Gasteiger partial charge in [-0.3, -0.25) is 14.4 Å². The first kappa shape index (κ1) is 29.9. The van der Waals surface area contributed by atoms with Crippen LogP contribution in [-0.4, -0.2) is 62.3 Å². The molecule has 0 N–H and O–H groups in total. The minimum absolute atomic E-state index is 0.502. The lowest BCUT2D eigenvalue weighted by molar-refractivity contribution is -0.236. The van der Waals surface area contributed by atoms with Gasteiger partial charge >= 0.3 is 17.9 Å². The number of hydrogen-bond acceptors (Lipinski definition) is 10. The average molecular weight is 562 g/mol. The molecule has 10 nitrogen and oxygen atoms in total. The van der Waals surface area contributed by atoms with Crippen LogP contribution in [0.4, 0.5) is 0 Å². The molecular formula is C28H32ClNO9. The number of ether oxygens (including phenoxy) is 5. The Morgan fingerprint density at radius 3 is 2.13 bits per heavy atom. The van der Waals surface area contributed by atoms with Crippen LogP contribution < -0.4 is 4.74 Å². The summed E-state index contributed by atoms with van der Waals surface area (Å²) in [7, 11) is 1.34. The maximum atomic E-state index is 12.1. The largest absolute Gasteiger partial charge is 0.494 e. The van der Waals surface area contributed by atoms with Crippen LogP contribution in [0.5, 0.6) is 5.75 Å². The number of benzene rings is 2. The number of hydrogen-bond donors (Lipinski definition) is 0. The number of oxime groups is 1. The van der Waals surface area contributed by atoms with Gasteiger partial charge in [0.15, 0.2) is 18.3 Å². The summed E-state index contributed by atoms with van der Waals surface area (Å²) in [4.78, 5) is 40.9. The number of carbonyl (C=O) groups is 3. The van der Waals surface area contributed by atoms with Gasteiger partial charge in [-0.25, -0.2) is 0 Å². The van der Waals surface area contributed by atoms with Gasteiger partial charge in [0.25, 0.3) is 0 Å². The third kappa shape index (κ3) is 8.18. The van der Waals surface area contributed by atoms with Crippen molar-refractivity contribution in [3.63, 3.8) is 0 Å². The molecule has 210 valence electrons. The highest BCUT2D eigenvalue weighted by Gasteiger charge is 2.52. The molecule has 5 unspecified atom stereocenters. The second kappa shape index (κ2) is 14.0. The lowest BCUT2D eigenvalue weighted by atomic mass is 9.89. The van der Waals surface area contributed by atoms with Crippen molar-refractivity contribution < 1.29 is 42.9 Å². The van der Waals surface area contributed by atoms with Gasteiger partial charge in [0.1, 0.15) is 25.1 Å². The Hall–Kier alpha value is -3.63. The first-order valence-corrected chi connectivity index (χ1v) is 12.7. The zero-order chi connectivity index (χ0) is 28.5. The third-order valence-electron chi connectivity index (χ3n) is 5.82. The van der Waals surface area contributed by atoms with Crippen LogP contribution in [-0.2, 0) is 44.6 Å². The average Bonchev–Trinajstić information content (AvgIpc) is 2.87. The summed E-state index contributed by atoms with van der Waals surface area (Å²) in [5.74, 6) is -1.19. The van der Waals surface area contributed by atoms with E-state index in [-0.39, 0.29) is 0 Å². The van der Waals surface area contributed by atoms with Gasteiger partial charge in [-0.2, -0.15) is 0 Å². The number of nitrogens with zero attached hydrogens (tertiary/aromatic N) is 1. The van der Waals surface area contributed by atoms with Gasteiger partial charge in [0.05, 0.1) is 12.8 Å². The Morgan fingerprint density at radius 1 is 0.923 bits per heavy atom. The molecule has 1 heterocycles. The highest BCUT2D eigenvalue weighted by molar-refractivity contribution is 6.31. The van der Waals surface area contributed by atoms with E-state index in [1.54, 1.807) is 12.1 Å². The molecule has 2 aromatic carbocycles. The SMILES string of the molecule is CCOc1ccc(Cc2cc(C3OC(C=NOC)C(OC(C)=O)C(OC(C)=O)C3OC(C)=O)ccc2Cl)cc1. The fourth-order valence-corrected chi connectivity index (χ4v) is 4.53. The molecule has 11 heteroatoms. The quantitative estimate of drug-likeness (QED) is 0.182. The van der Waals surface area contributed by atoms with Gasteiger partial charge in [-0.05, 0) is 48.2 Å². The van der Waals surface area contributed by atoms with Gasteiger partial charge < -0.3 is 28.5 Å². The molecule has 1 aliphatic rings. The summed E-state index contributed by atoms with van der Waals surface area (Å²) < 4.78 is 28.4. The Labute approximate surface area is 232 Å². The molecule has 39 heavy (non-hydrogen) atoms. The molecule has 0 aliphatic carbocycles. The van der Waals surface area contributed by atoms with Crippen molar-refractivity contribution in [1.29, 1.82) is 0 Å². The summed E-state index contributed by atoms with van der Waals surface area (Å²) >= 11 is 6.55. The molecule has 0 spiro atoms. The Morgan fingerprint density at radius 2 is 1.54 bits per heavy atom. The van der Waals surface area contributed by atoms with Crippen molar-refractivity contribution in [3.8, 4) is 5.75 Å². The van der Waals surface area contributed by atoms with Crippen molar-refractivity contribution in [2.24, 2.45) is 5.16 Å². The molecule has 0 bridgehead atoms. The number of esters is 3. The Kier molecular flexibility index (Phi) is 10.7. The highest BCUT2D eigenvalue weighted by atomic mass is 35.5. The molecule has 1 fully saturated rings. The molecule has 3 rings (SSSR count). The maximum absolute atomic E-state index is 12.1. The second-order valence-electron chi connectivity index (χ2n) is 8.79. The zero-order valence-corrected chi connectivity index (χ0v) is 23.2. The van der Waals surface area contributed by atoms with Crippen LogP contribution >= 0.6 is 11.6 Å². The van der Waals surface area contributed by atoms with Gasteiger partial charge in [0, 0.05) is 25.8 Å². The minimum Gasteiger partial charge on any atom is -0.494 e. The van der Waals surface area contributed by atoms with Crippen LogP contribution in [0.1, 0.15) is 50.5 Å². The standard InChI is InChI=1S/C28H32ClNO9/c1-6-35-22-10-7-19(8-11-22)13-21-14-20(9-12-23(21)29)25-27(37-17(3)32)28(38-18(4)33)26(36-16(2)31)24(39-25)15-30-34-5/h7-12,14-15,24-28H,6,13H2,1-5H3. The van der Waals surface area contributed by atoms with E-state index in [4.69, 9.17) is 40.1 Å². The monoisotopic (exact) mass is 561 g/mol. The molecule has 1 saturated heterocycles. The van der Waals surface area contributed by atoms with Crippen LogP contribution in [0, 0.1) is 0 Å².